The largest absolute Gasteiger partial charge is 0.366 e. The number of ether oxygens (including phenoxy) is 1. The maximum Gasteiger partial charge on any atom is 0.180 e. The highest BCUT2D eigenvalue weighted by Gasteiger charge is 2.02. The van der Waals surface area contributed by atoms with E-state index in [1.807, 2.05) is 6.92 Å². The smallest absolute Gasteiger partial charge is 0.180 e. The second kappa shape index (κ2) is 5.61. The van der Waals surface area contributed by atoms with Gasteiger partial charge in [0.1, 0.15) is 6.61 Å². The number of nitrogens with zero attached hydrogens (tertiary/aromatic N) is 1. The predicted octanol–water partition coefficient (Wildman–Crippen LogP) is -0.166. The number of aliphatic hydroxyl groups is 1. The Labute approximate surface area is 61.3 Å². The lowest BCUT2D eigenvalue weighted by atomic mass is 10.7. The van der Waals surface area contributed by atoms with E-state index in [0.29, 0.717) is 6.61 Å². The highest BCUT2D eigenvalue weighted by Crippen LogP contribution is 1.88. The van der Waals surface area contributed by atoms with E-state index >= 15 is 0 Å². The number of aliphatic hydroxyl groups excluding tert-OH is 1. The van der Waals surface area contributed by atoms with Crippen molar-refractivity contribution in [3.05, 3.63) is 0 Å². The van der Waals surface area contributed by atoms with E-state index in [2.05, 4.69) is 0 Å². The van der Waals surface area contributed by atoms with E-state index in [0.717, 1.165) is 0 Å². The molecule has 10 heavy (non-hydrogen) atoms. The summed E-state index contributed by atoms with van der Waals surface area (Å²) in [4.78, 5) is 4.91. The molecular weight excluding hydrogens is 134 g/mol. The molecule has 0 heterocycles. The lowest BCUT2D eigenvalue weighted by Gasteiger charge is -2.14. The average Bonchev–Trinajstić information content (AvgIpc) is 1.85. The summed E-state index contributed by atoms with van der Waals surface area (Å²) in [6.45, 7) is 2.50. The fourth-order valence-corrected chi connectivity index (χ4v) is 0.453. The fraction of sp³-hybridized carbons (Fsp3) is 1.00. The molecule has 0 amide bonds. The molecule has 0 fully saturated rings. The fourth-order valence-electron chi connectivity index (χ4n) is 0.453. The molecule has 0 aromatic rings. The van der Waals surface area contributed by atoms with Crippen molar-refractivity contribution in [2.45, 2.75) is 13.2 Å². The zero-order chi connectivity index (χ0) is 7.98. The highest BCUT2D eigenvalue weighted by atomic mass is 16.7. The molecular formula is C6H15NO3. The number of hydrogen-bond donors (Lipinski definition) is 1. The molecule has 0 aromatic heterocycles. The number of rotatable bonds is 5. The van der Waals surface area contributed by atoms with Gasteiger partial charge >= 0.3 is 0 Å². The van der Waals surface area contributed by atoms with Crippen LogP contribution in [-0.4, -0.2) is 43.8 Å². The van der Waals surface area contributed by atoms with E-state index < -0.39 is 6.29 Å². The molecule has 0 saturated carbocycles. The van der Waals surface area contributed by atoms with Gasteiger partial charge < -0.3 is 9.84 Å². The van der Waals surface area contributed by atoms with Gasteiger partial charge in [0.05, 0.1) is 0 Å². The minimum Gasteiger partial charge on any atom is -0.366 e. The topological polar surface area (TPSA) is 41.9 Å². The van der Waals surface area contributed by atoms with Gasteiger partial charge in [-0.3, -0.25) is 4.84 Å². The minimum absolute atomic E-state index is 0.181. The SMILES string of the molecule is CCOC(O)CON(C)C. The molecule has 0 aliphatic rings. The molecule has 0 radical (unpaired) electrons. The van der Waals surface area contributed by atoms with Crippen LogP contribution in [0.2, 0.25) is 0 Å². The maximum absolute atomic E-state index is 8.92. The van der Waals surface area contributed by atoms with Crippen LogP contribution < -0.4 is 0 Å². The lowest BCUT2D eigenvalue weighted by Crippen LogP contribution is -2.24. The van der Waals surface area contributed by atoms with Gasteiger partial charge in [-0.15, -0.1) is 0 Å². The number of hydroxylamine groups is 2. The summed E-state index contributed by atoms with van der Waals surface area (Å²) in [5.74, 6) is 0. The normalized spacial score (nSPS) is 14.1. The Morgan fingerprint density at radius 3 is 2.50 bits per heavy atom. The van der Waals surface area contributed by atoms with Crippen molar-refractivity contribution < 1.29 is 14.7 Å². The quantitative estimate of drug-likeness (QED) is 0.435. The molecule has 1 unspecified atom stereocenters. The van der Waals surface area contributed by atoms with Crippen molar-refractivity contribution >= 4 is 0 Å². The summed E-state index contributed by atoms with van der Waals surface area (Å²) in [5.41, 5.74) is 0. The van der Waals surface area contributed by atoms with Crippen molar-refractivity contribution in [2.75, 3.05) is 27.3 Å². The first-order chi connectivity index (χ1) is 4.66. The Kier molecular flexibility index (Phi) is 5.52. The van der Waals surface area contributed by atoms with Gasteiger partial charge in [0.15, 0.2) is 6.29 Å². The van der Waals surface area contributed by atoms with Gasteiger partial charge in [-0.2, -0.15) is 5.06 Å². The van der Waals surface area contributed by atoms with E-state index in [1.165, 1.54) is 5.06 Å². The maximum atomic E-state index is 8.92. The molecule has 0 saturated heterocycles. The van der Waals surface area contributed by atoms with E-state index in [9.17, 15) is 0 Å². The van der Waals surface area contributed by atoms with Gasteiger partial charge in [0, 0.05) is 20.7 Å². The molecule has 0 bridgehead atoms. The van der Waals surface area contributed by atoms with Gasteiger partial charge in [-0.05, 0) is 6.92 Å². The third-order valence-corrected chi connectivity index (χ3v) is 0.834. The zero-order valence-corrected chi connectivity index (χ0v) is 6.70. The van der Waals surface area contributed by atoms with Gasteiger partial charge in [0.25, 0.3) is 0 Å². The molecule has 0 aliphatic heterocycles. The lowest BCUT2D eigenvalue weighted by molar-refractivity contribution is -0.204. The summed E-state index contributed by atoms with van der Waals surface area (Å²) >= 11 is 0. The van der Waals surface area contributed by atoms with Crippen molar-refractivity contribution in [3.63, 3.8) is 0 Å². The Morgan fingerprint density at radius 2 is 2.10 bits per heavy atom. The van der Waals surface area contributed by atoms with Crippen LogP contribution in [0.3, 0.4) is 0 Å². The molecule has 0 rings (SSSR count). The second-order valence-corrected chi connectivity index (χ2v) is 2.02. The monoisotopic (exact) mass is 149 g/mol. The van der Waals surface area contributed by atoms with Crippen molar-refractivity contribution in [2.24, 2.45) is 0 Å². The first-order valence-electron chi connectivity index (χ1n) is 3.26. The van der Waals surface area contributed by atoms with Crippen molar-refractivity contribution in [1.29, 1.82) is 0 Å². The second-order valence-electron chi connectivity index (χ2n) is 2.02. The predicted molar refractivity (Wildman–Crippen MR) is 37.3 cm³/mol. The first-order valence-corrected chi connectivity index (χ1v) is 3.26. The van der Waals surface area contributed by atoms with Gasteiger partial charge in [-0.1, -0.05) is 0 Å². The molecule has 0 spiro atoms. The minimum atomic E-state index is -0.813. The molecule has 1 N–H and O–H groups in total. The molecule has 4 heteroatoms. The summed E-state index contributed by atoms with van der Waals surface area (Å²) < 4.78 is 4.80. The van der Waals surface area contributed by atoms with E-state index in [4.69, 9.17) is 14.7 Å². The Balaban J connectivity index is 3.12. The molecule has 4 nitrogen and oxygen atoms in total. The van der Waals surface area contributed by atoms with Crippen molar-refractivity contribution in [1.82, 2.24) is 5.06 Å². The zero-order valence-electron chi connectivity index (χ0n) is 6.70. The highest BCUT2D eigenvalue weighted by molar-refractivity contribution is 4.33. The standard InChI is InChI=1S/C6H15NO3/c1-4-9-6(8)5-10-7(2)3/h6,8H,4-5H2,1-3H3. The van der Waals surface area contributed by atoms with E-state index in [-0.39, 0.29) is 6.61 Å². The Morgan fingerprint density at radius 1 is 1.50 bits per heavy atom. The Bertz CT molecular complexity index is 77.4. The third-order valence-electron chi connectivity index (χ3n) is 0.834. The summed E-state index contributed by atoms with van der Waals surface area (Å²) in [6, 6.07) is 0. The first kappa shape index (κ1) is 9.84. The van der Waals surface area contributed by atoms with Crippen LogP contribution in [0, 0.1) is 0 Å². The average molecular weight is 149 g/mol. The van der Waals surface area contributed by atoms with E-state index in [1.54, 1.807) is 14.1 Å². The van der Waals surface area contributed by atoms with Gasteiger partial charge in [0.2, 0.25) is 0 Å². The molecule has 0 aliphatic carbocycles. The van der Waals surface area contributed by atoms with Crippen LogP contribution in [-0.2, 0) is 9.57 Å². The van der Waals surface area contributed by atoms with Crippen LogP contribution in [0.1, 0.15) is 6.92 Å². The summed E-state index contributed by atoms with van der Waals surface area (Å²) in [7, 11) is 3.50. The van der Waals surface area contributed by atoms with Gasteiger partial charge in [-0.25, -0.2) is 0 Å². The number of hydrogen-bond acceptors (Lipinski definition) is 4. The van der Waals surface area contributed by atoms with Crippen LogP contribution in [0.25, 0.3) is 0 Å². The molecule has 0 aromatic carbocycles. The van der Waals surface area contributed by atoms with Crippen LogP contribution in [0.15, 0.2) is 0 Å². The molecule has 62 valence electrons. The van der Waals surface area contributed by atoms with Crippen LogP contribution in [0.4, 0.5) is 0 Å². The Hall–Kier alpha value is -0.160. The molecule has 1 atom stereocenters. The van der Waals surface area contributed by atoms with Crippen LogP contribution >= 0.6 is 0 Å². The third kappa shape index (κ3) is 5.97. The van der Waals surface area contributed by atoms with Crippen LogP contribution in [0.5, 0.6) is 0 Å². The summed E-state index contributed by atoms with van der Waals surface area (Å²) in [5, 5.41) is 10.4. The summed E-state index contributed by atoms with van der Waals surface area (Å²) in [6.07, 6.45) is -0.813. The van der Waals surface area contributed by atoms with Crippen molar-refractivity contribution in [3.8, 4) is 0 Å².